The van der Waals surface area contributed by atoms with Gasteiger partial charge in [-0.15, -0.1) is 24.0 Å². The van der Waals surface area contributed by atoms with Crippen molar-refractivity contribution in [2.45, 2.75) is 18.9 Å². The van der Waals surface area contributed by atoms with Crippen molar-refractivity contribution in [3.8, 4) is 0 Å². The molecule has 0 bridgehead atoms. The summed E-state index contributed by atoms with van der Waals surface area (Å²) >= 11 is 6.27. The summed E-state index contributed by atoms with van der Waals surface area (Å²) in [7, 11) is 1.77. The van der Waals surface area contributed by atoms with Crippen LogP contribution in [0.4, 0.5) is 10.2 Å². The van der Waals surface area contributed by atoms with Gasteiger partial charge < -0.3 is 20.5 Å². The molecule has 1 unspecified atom stereocenters. The Hall–Kier alpha value is -2.07. The average molecular weight is 543 g/mol. The van der Waals surface area contributed by atoms with Gasteiger partial charge in [-0.3, -0.25) is 4.99 Å². The van der Waals surface area contributed by atoms with E-state index in [1.165, 1.54) is 12.1 Å². The molecular formula is C21H25ClFIN6. The third-order valence-electron chi connectivity index (χ3n) is 5.21. The van der Waals surface area contributed by atoms with E-state index in [0.29, 0.717) is 5.02 Å². The third kappa shape index (κ3) is 5.15. The molecule has 3 aromatic rings. The highest BCUT2D eigenvalue weighted by Crippen LogP contribution is 2.25. The molecule has 1 aromatic carbocycles. The summed E-state index contributed by atoms with van der Waals surface area (Å²) in [5.74, 6) is 1.37. The molecule has 9 heteroatoms. The van der Waals surface area contributed by atoms with Gasteiger partial charge in [0, 0.05) is 56.0 Å². The Labute approximate surface area is 197 Å². The van der Waals surface area contributed by atoms with Crippen LogP contribution in [0.5, 0.6) is 0 Å². The van der Waals surface area contributed by atoms with Crippen LogP contribution in [0.3, 0.4) is 0 Å². The predicted octanol–water partition coefficient (Wildman–Crippen LogP) is 3.96. The Balaban J connectivity index is 0.00000256. The lowest BCUT2D eigenvalue weighted by molar-refractivity contribution is 0.629. The van der Waals surface area contributed by atoms with Gasteiger partial charge in [0.25, 0.3) is 0 Å². The number of nitrogens with zero attached hydrogens (tertiary/aromatic N) is 3. The number of pyridine rings is 1. The molecule has 0 radical (unpaired) electrons. The van der Waals surface area contributed by atoms with Crippen LogP contribution >= 0.6 is 35.6 Å². The summed E-state index contributed by atoms with van der Waals surface area (Å²) < 4.78 is 13.3. The van der Waals surface area contributed by atoms with Crippen molar-refractivity contribution in [2.24, 2.45) is 4.99 Å². The van der Waals surface area contributed by atoms with E-state index in [2.05, 4.69) is 30.5 Å². The number of aromatic amines is 1. The van der Waals surface area contributed by atoms with Crippen LogP contribution < -0.4 is 15.5 Å². The van der Waals surface area contributed by atoms with Crippen LogP contribution in [-0.4, -0.2) is 48.7 Å². The molecule has 1 fully saturated rings. The second kappa shape index (κ2) is 10.3. The van der Waals surface area contributed by atoms with Gasteiger partial charge in [-0.25, -0.2) is 9.37 Å². The number of aliphatic imine (C=N–C) groups is 1. The first-order chi connectivity index (χ1) is 14.1. The number of halogens is 3. The maximum absolute atomic E-state index is 13.3. The normalized spacial score (nSPS) is 16.6. The molecule has 160 valence electrons. The number of guanidine groups is 1. The van der Waals surface area contributed by atoms with Crippen molar-refractivity contribution in [1.82, 2.24) is 20.6 Å². The standard InChI is InChI=1S/C21H24ClFN6.HI/c1-24-21(26-9-6-14-12-27-19-11-15(23)4-5-17(14)19)28-16-7-10-29(13-16)20-18(22)3-2-8-25-20;/h2-5,8,11-12,16,27H,6-7,9-10,13H2,1H3,(H2,24,26,28);1H. The maximum Gasteiger partial charge on any atom is 0.191 e. The molecule has 2 aromatic heterocycles. The summed E-state index contributed by atoms with van der Waals surface area (Å²) in [6.45, 7) is 2.45. The molecule has 0 aliphatic carbocycles. The van der Waals surface area contributed by atoms with Gasteiger partial charge in [0.15, 0.2) is 5.96 Å². The Bertz CT molecular complexity index is 1020. The second-order valence-corrected chi connectivity index (χ2v) is 7.54. The van der Waals surface area contributed by atoms with E-state index in [9.17, 15) is 4.39 Å². The second-order valence-electron chi connectivity index (χ2n) is 7.14. The van der Waals surface area contributed by atoms with Gasteiger partial charge in [-0.2, -0.15) is 0 Å². The summed E-state index contributed by atoms with van der Waals surface area (Å²) in [5, 5.41) is 8.57. The van der Waals surface area contributed by atoms with Gasteiger partial charge in [0.1, 0.15) is 11.6 Å². The molecule has 1 aliphatic rings. The zero-order valence-corrected chi connectivity index (χ0v) is 19.7. The van der Waals surface area contributed by atoms with E-state index in [-0.39, 0.29) is 35.8 Å². The number of hydrogen-bond donors (Lipinski definition) is 3. The summed E-state index contributed by atoms with van der Waals surface area (Å²) in [6.07, 6.45) is 5.50. The summed E-state index contributed by atoms with van der Waals surface area (Å²) in [5.41, 5.74) is 1.97. The molecule has 3 N–H and O–H groups in total. The Morgan fingerprint density at radius 2 is 2.27 bits per heavy atom. The molecular weight excluding hydrogens is 518 g/mol. The molecule has 0 spiro atoms. The molecule has 4 rings (SSSR count). The van der Waals surface area contributed by atoms with Crippen molar-refractivity contribution in [3.05, 3.63) is 59.1 Å². The molecule has 6 nitrogen and oxygen atoms in total. The lowest BCUT2D eigenvalue weighted by Crippen LogP contribution is -2.45. The lowest BCUT2D eigenvalue weighted by Gasteiger charge is -2.20. The minimum absolute atomic E-state index is 0. The van der Waals surface area contributed by atoms with E-state index < -0.39 is 0 Å². The van der Waals surface area contributed by atoms with Gasteiger partial charge in [0.05, 0.1) is 5.02 Å². The summed E-state index contributed by atoms with van der Waals surface area (Å²) in [6, 6.07) is 8.81. The smallest absolute Gasteiger partial charge is 0.191 e. The highest BCUT2D eigenvalue weighted by molar-refractivity contribution is 14.0. The largest absolute Gasteiger partial charge is 0.361 e. The minimum Gasteiger partial charge on any atom is -0.361 e. The fourth-order valence-corrected chi connectivity index (χ4v) is 3.99. The Morgan fingerprint density at radius 3 is 3.07 bits per heavy atom. The Morgan fingerprint density at radius 1 is 1.40 bits per heavy atom. The maximum atomic E-state index is 13.3. The van der Waals surface area contributed by atoms with Gasteiger partial charge in [-0.05, 0) is 48.7 Å². The SMILES string of the molecule is CN=C(NCCc1c[nH]c2cc(F)ccc12)NC1CCN(c2ncccc2Cl)C1.I. The quantitative estimate of drug-likeness (QED) is 0.259. The molecule has 1 saturated heterocycles. The van der Waals surface area contributed by atoms with E-state index in [0.717, 1.165) is 60.7 Å². The lowest BCUT2D eigenvalue weighted by atomic mass is 10.1. The molecule has 0 amide bonds. The first-order valence-electron chi connectivity index (χ1n) is 9.72. The number of aromatic nitrogens is 2. The van der Waals surface area contributed by atoms with E-state index in [1.54, 1.807) is 13.2 Å². The zero-order valence-electron chi connectivity index (χ0n) is 16.7. The first kappa shape index (κ1) is 22.6. The van der Waals surface area contributed by atoms with Crippen LogP contribution in [0.2, 0.25) is 5.02 Å². The van der Waals surface area contributed by atoms with Crippen LogP contribution in [0.15, 0.2) is 47.7 Å². The van der Waals surface area contributed by atoms with Crippen molar-refractivity contribution < 1.29 is 4.39 Å². The molecule has 3 heterocycles. The topological polar surface area (TPSA) is 68.3 Å². The van der Waals surface area contributed by atoms with Gasteiger partial charge in [-0.1, -0.05) is 11.6 Å². The first-order valence-corrected chi connectivity index (χ1v) is 10.1. The van der Waals surface area contributed by atoms with Crippen LogP contribution in [0.1, 0.15) is 12.0 Å². The predicted molar refractivity (Wildman–Crippen MR) is 132 cm³/mol. The molecule has 1 aliphatic heterocycles. The highest BCUT2D eigenvalue weighted by Gasteiger charge is 2.25. The fraction of sp³-hybridized carbons (Fsp3) is 0.333. The third-order valence-corrected chi connectivity index (χ3v) is 5.50. The van der Waals surface area contributed by atoms with Crippen molar-refractivity contribution in [1.29, 1.82) is 0 Å². The van der Waals surface area contributed by atoms with Crippen LogP contribution in [0, 0.1) is 5.82 Å². The number of fused-ring (bicyclic) bond motifs is 1. The molecule has 30 heavy (non-hydrogen) atoms. The molecule has 0 saturated carbocycles. The number of H-pyrrole nitrogens is 1. The highest BCUT2D eigenvalue weighted by atomic mass is 127. The fourth-order valence-electron chi connectivity index (χ4n) is 3.75. The van der Waals surface area contributed by atoms with Gasteiger partial charge >= 0.3 is 0 Å². The monoisotopic (exact) mass is 542 g/mol. The summed E-state index contributed by atoms with van der Waals surface area (Å²) in [4.78, 5) is 14.1. The number of nitrogens with one attached hydrogen (secondary N) is 3. The van der Waals surface area contributed by atoms with Crippen molar-refractivity contribution >= 4 is 58.3 Å². The van der Waals surface area contributed by atoms with E-state index in [4.69, 9.17) is 11.6 Å². The molecule has 1 atom stereocenters. The Kier molecular flexibility index (Phi) is 7.76. The minimum atomic E-state index is -0.230. The van der Waals surface area contributed by atoms with Crippen LogP contribution in [0.25, 0.3) is 10.9 Å². The van der Waals surface area contributed by atoms with Crippen molar-refractivity contribution in [2.75, 3.05) is 31.6 Å². The van der Waals surface area contributed by atoms with E-state index >= 15 is 0 Å². The average Bonchev–Trinajstić information content (AvgIpc) is 3.34. The zero-order chi connectivity index (χ0) is 20.2. The number of anilines is 1. The van der Waals surface area contributed by atoms with Crippen LogP contribution in [-0.2, 0) is 6.42 Å². The number of hydrogen-bond acceptors (Lipinski definition) is 3. The number of benzene rings is 1. The number of rotatable bonds is 5. The van der Waals surface area contributed by atoms with Crippen molar-refractivity contribution in [3.63, 3.8) is 0 Å². The van der Waals surface area contributed by atoms with E-state index in [1.807, 2.05) is 24.4 Å². The van der Waals surface area contributed by atoms with Gasteiger partial charge in [0.2, 0.25) is 0 Å².